The molecule has 0 radical (unpaired) electrons. The summed E-state index contributed by atoms with van der Waals surface area (Å²) in [7, 11) is -4.58. The third-order valence-electron chi connectivity index (χ3n) is 2.82. The summed E-state index contributed by atoms with van der Waals surface area (Å²) < 4.78 is 21.7. The Morgan fingerprint density at radius 3 is 2.21 bits per heavy atom. The Balaban J connectivity index is 4.83. The summed E-state index contributed by atoms with van der Waals surface area (Å²) in [5.74, 6) is -1.20. The van der Waals surface area contributed by atoms with Gasteiger partial charge in [-0.1, -0.05) is 39.2 Å². The molecule has 0 spiro atoms. The SMILES string of the molecule is C=CCOC(CCCC)(CCCCC)OP(=O)(O)O. The largest absolute Gasteiger partial charge is 0.472 e. The van der Waals surface area contributed by atoms with Gasteiger partial charge in [-0.2, -0.15) is 0 Å². The van der Waals surface area contributed by atoms with Crippen LogP contribution in [-0.4, -0.2) is 22.2 Å². The quantitative estimate of drug-likeness (QED) is 0.248. The maximum Gasteiger partial charge on any atom is 0.472 e. The monoisotopic (exact) mass is 294 g/mol. The molecule has 0 rings (SSSR count). The molecule has 0 aliphatic heterocycles. The summed E-state index contributed by atoms with van der Waals surface area (Å²) in [4.78, 5) is 18.2. The maximum absolute atomic E-state index is 11.2. The molecule has 0 saturated carbocycles. The van der Waals surface area contributed by atoms with Crippen LogP contribution in [0.5, 0.6) is 0 Å². The lowest BCUT2D eigenvalue weighted by Crippen LogP contribution is -2.35. The zero-order chi connectivity index (χ0) is 14.8. The molecule has 19 heavy (non-hydrogen) atoms. The summed E-state index contributed by atoms with van der Waals surface area (Å²) >= 11 is 0. The van der Waals surface area contributed by atoms with E-state index in [9.17, 15) is 4.57 Å². The predicted octanol–water partition coefficient (Wildman–Crippen LogP) is 3.77. The molecule has 114 valence electrons. The highest BCUT2D eigenvalue weighted by molar-refractivity contribution is 7.46. The van der Waals surface area contributed by atoms with Gasteiger partial charge in [0.05, 0.1) is 6.61 Å². The lowest BCUT2D eigenvalue weighted by molar-refractivity contribution is -0.195. The van der Waals surface area contributed by atoms with E-state index in [1.165, 1.54) is 0 Å². The molecule has 0 aromatic rings. The van der Waals surface area contributed by atoms with Gasteiger partial charge >= 0.3 is 7.82 Å². The standard InChI is InChI=1S/C13H27O5P/c1-4-7-9-11-13(10-8-5-2,17-12-6-3)18-19(14,15)16/h6H,3-5,7-12H2,1-2H3,(H2,14,15,16). The van der Waals surface area contributed by atoms with E-state index in [1.54, 1.807) is 6.08 Å². The number of ether oxygens (including phenoxy) is 1. The number of phosphoric ester groups is 1. The van der Waals surface area contributed by atoms with Crippen molar-refractivity contribution in [2.24, 2.45) is 0 Å². The van der Waals surface area contributed by atoms with Gasteiger partial charge in [0.2, 0.25) is 0 Å². The van der Waals surface area contributed by atoms with Crippen LogP contribution in [0.15, 0.2) is 12.7 Å². The van der Waals surface area contributed by atoms with Crippen molar-refractivity contribution in [2.45, 2.75) is 64.6 Å². The highest BCUT2D eigenvalue weighted by Crippen LogP contribution is 2.45. The van der Waals surface area contributed by atoms with Gasteiger partial charge in [0, 0.05) is 12.8 Å². The van der Waals surface area contributed by atoms with Crippen molar-refractivity contribution in [1.82, 2.24) is 0 Å². The second-order valence-electron chi connectivity index (χ2n) is 4.65. The molecule has 0 saturated heterocycles. The molecule has 1 atom stereocenters. The average Bonchev–Trinajstić information content (AvgIpc) is 2.32. The van der Waals surface area contributed by atoms with Crippen LogP contribution in [0.3, 0.4) is 0 Å². The first-order valence-corrected chi connectivity index (χ1v) is 8.43. The Hall–Kier alpha value is -0.190. The molecule has 5 nitrogen and oxygen atoms in total. The van der Waals surface area contributed by atoms with E-state index in [4.69, 9.17) is 19.0 Å². The Bertz CT molecular complexity index is 289. The molecule has 0 heterocycles. The van der Waals surface area contributed by atoms with Gasteiger partial charge in [-0.25, -0.2) is 4.57 Å². The minimum atomic E-state index is -4.58. The highest BCUT2D eigenvalue weighted by atomic mass is 31.2. The molecule has 6 heteroatoms. The molecule has 0 aromatic heterocycles. The minimum Gasteiger partial charge on any atom is -0.345 e. The molecule has 0 aromatic carbocycles. The summed E-state index contributed by atoms with van der Waals surface area (Å²) in [6.45, 7) is 7.87. The zero-order valence-electron chi connectivity index (χ0n) is 12.0. The fourth-order valence-electron chi connectivity index (χ4n) is 1.90. The Kier molecular flexibility index (Phi) is 9.58. The Morgan fingerprint density at radius 2 is 1.74 bits per heavy atom. The summed E-state index contributed by atoms with van der Waals surface area (Å²) in [5, 5.41) is 0. The summed E-state index contributed by atoms with van der Waals surface area (Å²) in [5.41, 5.74) is 0. The average molecular weight is 294 g/mol. The van der Waals surface area contributed by atoms with Gasteiger partial charge in [0.15, 0.2) is 5.79 Å². The minimum absolute atomic E-state index is 0.218. The molecule has 0 amide bonds. The summed E-state index contributed by atoms with van der Waals surface area (Å²) in [6.07, 6.45) is 7.06. The van der Waals surface area contributed by atoms with Crippen molar-refractivity contribution in [1.29, 1.82) is 0 Å². The molecule has 1 unspecified atom stereocenters. The smallest absolute Gasteiger partial charge is 0.345 e. The highest BCUT2D eigenvalue weighted by Gasteiger charge is 2.37. The van der Waals surface area contributed by atoms with Gasteiger partial charge in [0.1, 0.15) is 0 Å². The molecule has 2 N–H and O–H groups in total. The van der Waals surface area contributed by atoms with E-state index in [0.717, 1.165) is 32.1 Å². The van der Waals surface area contributed by atoms with E-state index in [0.29, 0.717) is 12.8 Å². The maximum atomic E-state index is 11.2. The molecule has 0 bridgehead atoms. The van der Waals surface area contributed by atoms with Crippen molar-refractivity contribution >= 4 is 7.82 Å². The van der Waals surface area contributed by atoms with E-state index in [-0.39, 0.29) is 6.61 Å². The van der Waals surface area contributed by atoms with E-state index in [1.807, 2.05) is 6.92 Å². The van der Waals surface area contributed by atoms with Crippen molar-refractivity contribution in [2.75, 3.05) is 6.61 Å². The van der Waals surface area contributed by atoms with Gasteiger partial charge in [-0.3, -0.25) is 4.52 Å². The van der Waals surface area contributed by atoms with Gasteiger partial charge in [-0.15, -0.1) is 6.58 Å². The molecule has 0 aliphatic carbocycles. The van der Waals surface area contributed by atoms with Crippen molar-refractivity contribution < 1.29 is 23.6 Å². The molecular formula is C13H27O5P. The van der Waals surface area contributed by atoms with Crippen LogP contribution in [0.1, 0.15) is 58.8 Å². The van der Waals surface area contributed by atoms with Crippen LogP contribution >= 0.6 is 7.82 Å². The normalized spacial score (nSPS) is 15.2. The van der Waals surface area contributed by atoms with Crippen LogP contribution < -0.4 is 0 Å². The van der Waals surface area contributed by atoms with Crippen molar-refractivity contribution in [3.05, 3.63) is 12.7 Å². The summed E-state index contributed by atoms with van der Waals surface area (Å²) in [6, 6.07) is 0. The van der Waals surface area contributed by atoms with Crippen LogP contribution in [0, 0.1) is 0 Å². The Morgan fingerprint density at radius 1 is 1.16 bits per heavy atom. The lowest BCUT2D eigenvalue weighted by atomic mass is 10.0. The van der Waals surface area contributed by atoms with Gasteiger partial charge in [0.25, 0.3) is 0 Å². The van der Waals surface area contributed by atoms with E-state index >= 15 is 0 Å². The first-order chi connectivity index (χ1) is 8.89. The van der Waals surface area contributed by atoms with Crippen LogP contribution in [0.4, 0.5) is 0 Å². The lowest BCUT2D eigenvalue weighted by Gasteiger charge is -2.33. The zero-order valence-corrected chi connectivity index (χ0v) is 12.9. The number of hydrogen-bond acceptors (Lipinski definition) is 3. The van der Waals surface area contributed by atoms with Crippen LogP contribution in [0.25, 0.3) is 0 Å². The fourth-order valence-corrected chi connectivity index (χ4v) is 2.57. The van der Waals surface area contributed by atoms with Gasteiger partial charge < -0.3 is 14.5 Å². The first-order valence-electron chi connectivity index (χ1n) is 6.90. The number of phosphoric acid groups is 1. The predicted molar refractivity (Wildman–Crippen MR) is 75.7 cm³/mol. The van der Waals surface area contributed by atoms with Crippen molar-refractivity contribution in [3.63, 3.8) is 0 Å². The second-order valence-corrected chi connectivity index (χ2v) is 5.82. The van der Waals surface area contributed by atoms with E-state index < -0.39 is 13.6 Å². The molecule has 0 fully saturated rings. The third-order valence-corrected chi connectivity index (χ3v) is 3.39. The Labute approximate surface area is 116 Å². The number of hydrogen-bond donors (Lipinski definition) is 2. The molecule has 0 aliphatic rings. The number of rotatable bonds is 12. The van der Waals surface area contributed by atoms with Crippen LogP contribution in [0.2, 0.25) is 0 Å². The fraction of sp³-hybridized carbons (Fsp3) is 0.846. The van der Waals surface area contributed by atoms with E-state index in [2.05, 4.69) is 13.5 Å². The number of unbranched alkanes of at least 4 members (excludes halogenated alkanes) is 3. The van der Waals surface area contributed by atoms with Crippen LogP contribution in [-0.2, 0) is 13.8 Å². The third kappa shape index (κ3) is 9.36. The molecular weight excluding hydrogens is 267 g/mol. The topological polar surface area (TPSA) is 76.0 Å². The first kappa shape index (κ1) is 18.8. The second kappa shape index (κ2) is 9.67. The van der Waals surface area contributed by atoms with Crippen molar-refractivity contribution in [3.8, 4) is 0 Å². The van der Waals surface area contributed by atoms with Gasteiger partial charge in [-0.05, 0) is 12.8 Å².